The lowest BCUT2D eigenvalue weighted by molar-refractivity contribution is -0.146. The molecule has 1 fully saturated rings. The summed E-state index contributed by atoms with van der Waals surface area (Å²) in [5.74, 6) is 2.22. The smallest absolute Gasteiger partial charge is 0.323 e. The van der Waals surface area contributed by atoms with Crippen molar-refractivity contribution in [2.75, 3.05) is 31.1 Å². The molecule has 11 nitrogen and oxygen atoms in total. The van der Waals surface area contributed by atoms with Crippen LogP contribution >= 0.6 is 0 Å². The van der Waals surface area contributed by atoms with Crippen LogP contribution in [0.4, 0.5) is 5.69 Å². The van der Waals surface area contributed by atoms with Gasteiger partial charge < -0.3 is 4.90 Å². The third-order valence-electron chi connectivity index (χ3n) is 5.38. The molecule has 4 rings (SSSR count). The summed E-state index contributed by atoms with van der Waals surface area (Å²) < 4.78 is 27.1. The minimum Gasteiger partial charge on any atom is -0.332 e. The molecular weight excluding hydrogens is 438 g/mol. The number of hydrogen-bond donors (Lipinski definition) is 2. The van der Waals surface area contributed by atoms with E-state index in [-0.39, 0.29) is 36.8 Å². The van der Waals surface area contributed by atoms with Gasteiger partial charge in [-0.25, -0.2) is 19.2 Å². The third kappa shape index (κ3) is 3.53. The van der Waals surface area contributed by atoms with Crippen molar-refractivity contribution in [3.63, 3.8) is 0 Å². The second-order valence-corrected chi connectivity index (χ2v) is 9.09. The van der Waals surface area contributed by atoms with Crippen LogP contribution in [0.15, 0.2) is 53.4 Å². The Morgan fingerprint density at radius 2 is 1.38 bits per heavy atom. The molecule has 0 aliphatic carbocycles. The van der Waals surface area contributed by atoms with E-state index >= 15 is 0 Å². The highest BCUT2D eigenvalue weighted by molar-refractivity contribution is 7.89. The highest BCUT2D eigenvalue weighted by Gasteiger charge is 2.37. The van der Waals surface area contributed by atoms with Crippen LogP contribution in [0.2, 0.25) is 0 Å². The summed E-state index contributed by atoms with van der Waals surface area (Å²) >= 11 is 0. The van der Waals surface area contributed by atoms with Crippen LogP contribution in [0.5, 0.6) is 0 Å². The highest BCUT2D eigenvalue weighted by atomic mass is 32.2. The molecule has 2 aromatic rings. The molecule has 32 heavy (non-hydrogen) atoms. The molecule has 166 valence electrons. The van der Waals surface area contributed by atoms with Crippen molar-refractivity contribution in [2.45, 2.75) is 4.90 Å². The number of nitrogens with zero attached hydrogens (tertiary/aromatic N) is 3. The lowest BCUT2D eigenvalue weighted by Gasteiger charge is -2.33. The van der Waals surface area contributed by atoms with Gasteiger partial charge in [0.25, 0.3) is 11.8 Å². The number of anilines is 1. The SMILES string of the molecule is NNC(=O)C(=O)N1CCN(S(=O)(=O)c2ccc(N3C(=O)c4ccccc4C3=O)cc2)CC1. The van der Waals surface area contributed by atoms with Gasteiger partial charge in [0.15, 0.2) is 0 Å². The predicted octanol–water partition coefficient (Wildman–Crippen LogP) is -0.690. The molecule has 4 amide bonds. The van der Waals surface area contributed by atoms with Crippen molar-refractivity contribution in [3.05, 3.63) is 59.7 Å². The minimum atomic E-state index is -3.88. The molecule has 0 bridgehead atoms. The Morgan fingerprint density at radius 3 is 1.88 bits per heavy atom. The number of piperazine rings is 1. The van der Waals surface area contributed by atoms with E-state index in [1.165, 1.54) is 33.5 Å². The largest absolute Gasteiger partial charge is 0.332 e. The fraction of sp³-hybridized carbons (Fsp3) is 0.200. The van der Waals surface area contributed by atoms with Gasteiger partial charge in [0, 0.05) is 26.2 Å². The van der Waals surface area contributed by atoms with Crippen LogP contribution < -0.4 is 16.2 Å². The topological polar surface area (TPSA) is 150 Å². The van der Waals surface area contributed by atoms with Crippen LogP contribution in [0.1, 0.15) is 20.7 Å². The number of sulfonamides is 1. The third-order valence-corrected chi connectivity index (χ3v) is 7.29. The van der Waals surface area contributed by atoms with Gasteiger partial charge in [-0.3, -0.25) is 24.6 Å². The maximum Gasteiger partial charge on any atom is 0.323 e. The average molecular weight is 457 g/mol. The monoisotopic (exact) mass is 457 g/mol. The van der Waals surface area contributed by atoms with Crippen molar-refractivity contribution in [1.29, 1.82) is 0 Å². The van der Waals surface area contributed by atoms with Crippen molar-refractivity contribution in [1.82, 2.24) is 14.6 Å². The van der Waals surface area contributed by atoms with Crippen molar-refractivity contribution < 1.29 is 27.6 Å². The molecule has 0 unspecified atom stereocenters. The number of amides is 4. The van der Waals surface area contributed by atoms with Gasteiger partial charge in [-0.05, 0) is 36.4 Å². The number of rotatable bonds is 3. The van der Waals surface area contributed by atoms with Crippen molar-refractivity contribution in [2.24, 2.45) is 5.84 Å². The molecule has 0 spiro atoms. The normalized spacial score (nSPS) is 16.8. The summed E-state index contributed by atoms with van der Waals surface area (Å²) in [5, 5.41) is 0. The van der Waals surface area contributed by atoms with Gasteiger partial charge in [0.2, 0.25) is 10.0 Å². The Hall–Kier alpha value is -3.61. The van der Waals surface area contributed by atoms with Crippen LogP contribution in [0.25, 0.3) is 0 Å². The Labute approximate surface area is 183 Å². The molecule has 0 atom stereocenters. The molecule has 0 aromatic heterocycles. The number of nitrogens with two attached hydrogens (primary N) is 1. The number of carbonyl (C=O) groups excluding carboxylic acids is 4. The second kappa shape index (κ2) is 8.15. The molecule has 0 radical (unpaired) electrons. The molecule has 12 heteroatoms. The molecule has 2 heterocycles. The van der Waals surface area contributed by atoms with Crippen LogP contribution in [-0.2, 0) is 19.6 Å². The molecule has 3 N–H and O–H groups in total. The Bertz CT molecular complexity index is 1180. The molecule has 2 aromatic carbocycles. The molecule has 2 aliphatic rings. The van der Waals surface area contributed by atoms with Gasteiger partial charge in [0.05, 0.1) is 21.7 Å². The number of hydrogen-bond acceptors (Lipinski definition) is 7. The highest BCUT2D eigenvalue weighted by Crippen LogP contribution is 2.29. The van der Waals surface area contributed by atoms with Crippen LogP contribution in [0, 0.1) is 0 Å². The first-order valence-corrected chi connectivity index (χ1v) is 11.1. The van der Waals surface area contributed by atoms with E-state index in [1.54, 1.807) is 29.7 Å². The number of hydrazine groups is 1. The summed E-state index contributed by atoms with van der Waals surface area (Å²) in [6, 6.07) is 11.9. The first kappa shape index (κ1) is 21.6. The van der Waals surface area contributed by atoms with Gasteiger partial charge in [-0.15, -0.1) is 0 Å². The Kier molecular flexibility index (Phi) is 5.50. The summed E-state index contributed by atoms with van der Waals surface area (Å²) in [5.41, 5.74) is 2.61. The Morgan fingerprint density at radius 1 is 0.844 bits per heavy atom. The van der Waals surface area contributed by atoms with Gasteiger partial charge >= 0.3 is 11.8 Å². The van der Waals surface area contributed by atoms with E-state index in [0.29, 0.717) is 11.1 Å². The first-order valence-electron chi connectivity index (χ1n) is 9.63. The lowest BCUT2D eigenvalue weighted by Crippen LogP contribution is -2.54. The number of carbonyl (C=O) groups is 4. The molecular formula is C20H19N5O6S. The zero-order chi connectivity index (χ0) is 23.0. The van der Waals surface area contributed by atoms with Gasteiger partial charge in [-0.2, -0.15) is 4.31 Å². The van der Waals surface area contributed by atoms with Crippen molar-refractivity contribution >= 4 is 39.3 Å². The van der Waals surface area contributed by atoms with E-state index in [1.807, 2.05) is 0 Å². The van der Waals surface area contributed by atoms with E-state index in [0.717, 1.165) is 4.90 Å². The molecule has 1 saturated heterocycles. The average Bonchev–Trinajstić information content (AvgIpc) is 3.08. The number of imide groups is 1. The number of nitrogens with one attached hydrogen (secondary N) is 1. The zero-order valence-corrected chi connectivity index (χ0v) is 17.5. The first-order chi connectivity index (χ1) is 15.3. The quantitative estimate of drug-likeness (QED) is 0.204. The summed E-state index contributed by atoms with van der Waals surface area (Å²) in [6.45, 7) is 0.0926. The fourth-order valence-electron chi connectivity index (χ4n) is 3.68. The lowest BCUT2D eigenvalue weighted by atomic mass is 10.1. The van der Waals surface area contributed by atoms with E-state index in [4.69, 9.17) is 5.84 Å². The maximum atomic E-state index is 13.0. The van der Waals surface area contributed by atoms with E-state index in [9.17, 15) is 27.6 Å². The summed E-state index contributed by atoms with van der Waals surface area (Å²) in [7, 11) is -3.88. The number of benzene rings is 2. The van der Waals surface area contributed by atoms with Crippen LogP contribution in [-0.4, -0.2) is 67.4 Å². The standard InChI is InChI=1S/C20H19N5O6S/c21-22-17(26)20(29)23-9-11-24(12-10-23)32(30,31)14-7-5-13(6-8-14)25-18(27)15-3-1-2-4-16(15)19(25)28/h1-8H,9-12,21H2,(H,22,26). The molecule has 2 aliphatic heterocycles. The summed E-state index contributed by atoms with van der Waals surface area (Å²) in [6.07, 6.45) is 0. The number of fused-ring (bicyclic) bond motifs is 1. The fourth-order valence-corrected chi connectivity index (χ4v) is 5.10. The van der Waals surface area contributed by atoms with E-state index < -0.39 is 33.7 Å². The van der Waals surface area contributed by atoms with Gasteiger partial charge in [-0.1, -0.05) is 12.1 Å². The van der Waals surface area contributed by atoms with Gasteiger partial charge in [0.1, 0.15) is 0 Å². The maximum absolute atomic E-state index is 13.0. The second-order valence-electron chi connectivity index (χ2n) is 7.15. The Balaban J connectivity index is 1.49. The predicted molar refractivity (Wildman–Crippen MR) is 112 cm³/mol. The van der Waals surface area contributed by atoms with Crippen molar-refractivity contribution in [3.8, 4) is 0 Å². The summed E-state index contributed by atoms with van der Waals surface area (Å²) in [4.78, 5) is 50.6. The minimum absolute atomic E-state index is 0.00603. The zero-order valence-electron chi connectivity index (χ0n) is 16.7. The molecule has 0 saturated carbocycles. The van der Waals surface area contributed by atoms with E-state index in [2.05, 4.69) is 0 Å². The van der Waals surface area contributed by atoms with Crippen LogP contribution in [0.3, 0.4) is 0 Å².